The molecule has 0 N–H and O–H groups in total. The SMILES string of the molecule is CCCCCC[P+](c1ccccc1)(c1ccccc1)c1ccccc1.[Cl][Zn-]([Cl])[Cl]. The Labute approximate surface area is 194 Å². The molecule has 5 heteroatoms. The number of rotatable bonds is 8. The van der Waals surface area contributed by atoms with Crippen LogP contribution in [0.5, 0.6) is 0 Å². The summed E-state index contributed by atoms with van der Waals surface area (Å²) in [6, 6.07) is 33.6. The zero-order valence-corrected chi connectivity index (χ0v) is 23.1. The molecule has 0 aliphatic heterocycles. The molecule has 0 aromatic heterocycles. The summed E-state index contributed by atoms with van der Waals surface area (Å²) in [4.78, 5) is 0. The molecule has 0 nitrogen and oxygen atoms in total. The minimum absolute atomic E-state index is 1.25. The Bertz CT molecular complexity index is 699. The van der Waals surface area contributed by atoms with E-state index < -0.39 is 20.2 Å². The third kappa shape index (κ3) is 7.65. The fourth-order valence-corrected chi connectivity index (χ4v) is 8.07. The molecule has 3 rings (SSSR count). The maximum atomic E-state index is 5.01. The number of hydrogen-bond acceptors (Lipinski definition) is 0. The predicted octanol–water partition coefficient (Wildman–Crippen LogP) is 7.63. The van der Waals surface area contributed by atoms with Gasteiger partial charge in [-0.25, -0.2) is 0 Å². The van der Waals surface area contributed by atoms with Gasteiger partial charge in [0.25, 0.3) is 0 Å². The molecule has 0 aliphatic carbocycles. The summed E-state index contributed by atoms with van der Waals surface area (Å²) >= 11 is -2.21. The molecule has 0 heterocycles. The predicted molar refractivity (Wildman–Crippen MR) is 132 cm³/mol. The maximum absolute atomic E-state index is 5.01. The first-order valence-corrected chi connectivity index (χ1v) is 23.9. The van der Waals surface area contributed by atoms with Crippen LogP contribution in [0.2, 0.25) is 0 Å². The monoisotopic (exact) mass is 516 g/mol. The second-order valence-electron chi connectivity index (χ2n) is 6.90. The summed E-state index contributed by atoms with van der Waals surface area (Å²) in [7, 11) is 13.4. The molecule has 3 aromatic carbocycles. The van der Waals surface area contributed by atoms with Crippen molar-refractivity contribution in [2.75, 3.05) is 6.16 Å². The summed E-state index contributed by atoms with van der Waals surface area (Å²) in [5, 5.41) is 4.51. The Kier molecular flexibility index (Phi) is 11.8. The van der Waals surface area contributed by atoms with Gasteiger partial charge in [0, 0.05) is 0 Å². The van der Waals surface area contributed by atoms with Crippen LogP contribution in [-0.4, -0.2) is 6.16 Å². The third-order valence-corrected chi connectivity index (χ3v) is 9.46. The number of benzene rings is 3. The second kappa shape index (κ2) is 13.8. The van der Waals surface area contributed by atoms with Crippen molar-refractivity contribution in [2.45, 2.75) is 32.6 Å². The molecule has 0 bridgehead atoms. The van der Waals surface area contributed by atoms with Gasteiger partial charge < -0.3 is 0 Å². The zero-order valence-electron chi connectivity index (χ0n) is 17.0. The van der Waals surface area contributed by atoms with Crippen LogP contribution in [0.3, 0.4) is 0 Å². The molecule has 0 unspecified atom stereocenters. The van der Waals surface area contributed by atoms with Crippen LogP contribution in [0.25, 0.3) is 0 Å². The molecule has 0 atom stereocenters. The van der Waals surface area contributed by atoms with Crippen molar-refractivity contribution in [3.63, 3.8) is 0 Å². The van der Waals surface area contributed by atoms with Gasteiger partial charge in [-0.15, -0.1) is 0 Å². The van der Waals surface area contributed by atoms with Gasteiger partial charge >= 0.3 is 42.1 Å². The molecule has 0 spiro atoms. The minimum atomic E-state index is -2.21. The van der Waals surface area contributed by atoms with Crippen molar-refractivity contribution in [1.29, 1.82) is 0 Å². The van der Waals surface area contributed by atoms with Crippen LogP contribution < -0.4 is 15.9 Å². The Hall–Kier alpha value is -0.417. The Morgan fingerprint density at radius 3 is 1.24 bits per heavy atom. The molecule has 0 saturated carbocycles. The first kappa shape index (κ1) is 24.8. The van der Waals surface area contributed by atoms with Gasteiger partial charge in [-0.3, -0.25) is 0 Å². The van der Waals surface area contributed by atoms with E-state index in [1.807, 2.05) is 0 Å². The Morgan fingerprint density at radius 1 is 0.586 bits per heavy atom. The first-order chi connectivity index (χ1) is 14.1. The summed E-state index contributed by atoms with van der Waals surface area (Å²) in [6.45, 7) is 2.29. The Morgan fingerprint density at radius 2 is 0.931 bits per heavy atom. The molecule has 152 valence electrons. The fourth-order valence-electron chi connectivity index (χ4n) is 3.66. The quantitative estimate of drug-likeness (QED) is 0.163. The number of hydrogen-bond donors (Lipinski definition) is 0. The van der Waals surface area contributed by atoms with Crippen LogP contribution >= 0.6 is 36.3 Å². The fraction of sp³-hybridized carbons (Fsp3) is 0.250. The van der Waals surface area contributed by atoms with E-state index in [1.54, 1.807) is 0 Å². The molecule has 3 aromatic rings. The molecular formula is C24H28Cl3PZn. The van der Waals surface area contributed by atoms with Gasteiger partial charge in [0.1, 0.15) is 23.2 Å². The van der Waals surface area contributed by atoms with Crippen molar-refractivity contribution in [3.8, 4) is 0 Å². The van der Waals surface area contributed by atoms with Crippen LogP contribution in [0.1, 0.15) is 32.6 Å². The van der Waals surface area contributed by atoms with E-state index in [0.717, 1.165) is 0 Å². The number of halogens is 3. The standard InChI is InChI=1S/C24H28P.3ClH.Zn/c1-2-3-4-14-21-25(22-15-8-5-9-16-22,23-17-10-6-11-18-23)24-19-12-7-13-20-24;;;;/h5-13,15-20H,2-4,14,21H2,1H3;3*1H;/q+1;;;;+2/p-3. The summed E-state index contributed by atoms with van der Waals surface area (Å²) < 4.78 is 0. The van der Waals surface area contributed by atoms with E-state index in [-0.39, 0.29) is 0 Å². The normalized spacial score (nSPS) is 10.8. The molecule has 29 heavy (non-hydrogen) atoms. The van der Waals surface area contributed by atoms with Gasteiger partial charge in [-0.05, 0) is 49.2 Å². The third-order valence-electron chi connectivity index (χ3n) is 4.94. The van der Waals surface area contributed by atoms with Gasteiger partial charge in [-0.1, -0.05) is 74.4 Å². The van der Waals surface area contributed by atoms with Gasteiger partial charge in [0.2, 0.25) is 0 Å². The van der Waals surface area contributed by atoms with Crippen LogP contribution in [0, 0.1) is 0 Å². The van der Waals surface area contributed by atoms with Gasteiger partial charge in [0.05, 0.1) is 6.16 Å². The molecular weight excluding hydrogens is 491 g/mol. The topological polar surface area (TPSA) is 0 Å². The molecule has 0 radical (unpaired) electrons. The first-order valence-electron chi connectivity index (χ1n) is 10.2. The average molecular weight is 519 g/mol. The van der Waals surface area contributed by atoms with Crippen LogP contribution in [0.15, 0.2) is 91.0 Å². The van der Waals surface area contributed by atoms with E-state index in [1.165, 1.54) is 47.8 Å². The molecule has 0 fully saturated rings. The summed E-state index contributed by atoms with van der Waals surface area (Å²) in [5.74, 6) is 0. The Balaban J connectivity index is 0.000000687. The van der Waals surface area contributed by atoms with E-state index in [4.69, 9.17) is 29.1 Å². The average Bonchev–Trinajstić information content (AvgIpc) is 2.76. The summed E-state index contributed by atoms with van der Waals surface area (Å²) in [5.41, 5.74) is 0. The van der Waals surface area contributed by atoms with Gasteiger partial charge in [-0.2, -0.15) is 0 Å². The zero-order chi connectivity index (χ0) is 21.0. The molecule has 0 aliphatic rings. The van der Waals surface area contributed by atoms with Crippen LogP contribution in [0.4, 0.5) is 0 Å². The van der Waals surface area contributed by atoms with Crippen molar-refractivity contribution in [3.05, 3.63) is 91.0 Å². The number of unbranched alkanes of at least 4 members (excludes halogenated alkanes) is 3. The van der Waals surface area contributed by atoms with E-state index in [2.05, 4.69) is 97.9 Å². The van der Waals surface area contributed by atoms with Crippen molar-refractivity contribution in [2.24, 2.45) is 0 Å². The second-order valence-corrected chi connectivity index (χ2v) is 24.4. The summed E-state index contributed by atoms with van der Waals surface area (Å²) in [6.07, 6.45) is 6.49. The van der Waals surface area contributed by atoms with Crippen LogP contribution in [-0.2, 0) is 13.0 Å². The van der Waals surface area contributed by atoms with E-state index in [0.29, 0.717) is 0 Å². The van der Waals surface area contributed by atoms with Gasteiger partial charge in [0.15, 0.2) is 0 Å². The molecule has 0 amide bonds. The van der Waals surface area contributed by atoms with Crippen molar-refractivity contribution in [1.82, 2.24) is 0 Å². The molecule has 0 saturated heterocycles. The van der Waals surface area contributed by atoms with E-state index >= 15 is 0 Å². The van der Waals surface area contributed by atoms with E-state index in [9.17, 15) is 0 Å². The van der Waals surface area contributed by atoms with Crippen molar-refractivity contribution < 1.29 is 13.0 Å². The van der Waals surface area contributed by atoms with Crippen molar-refractivity contribution >= 4 is 52.2 Å².